The fourth-order valence-corrected chi connectivity index (χ4v) is 1.61. The van der Waals surface area contributed by atoms with Gasteiger partial charge in [-0.05, 0) is 19.4 Å². The Kier molecular flexibility index (Phi) is 5.40. The molecule has 0 radical (unpaired) electrons. The van der Waals surface area contributed by atoms with E-state index >= 15 is 0 Å². The molecule has 0 aromatic heterocycles. The maximum Gasteiger partial charge on any atom is 0.326 e. The van der Waals surface area contributed by atoms with Gasteiger partial charge < -0.3 is 16.2 Å². The van der Waals surface area contributed by atoms with Gasteiger partial charge in [0.15, 0.2) is 5.78 Å². The number of carboxylic acid groups (broad SMARTS) is 1. The number of ketones is 1. The average molecular weight is 278 g/mol. The fourth-order valence-electron chi connectivity index (χ4n) is 1.61. The van der Waals surface area contributed by atoms with Crippen molar-refractivity contribution in [3.63, 3.8) is 0 Å². The Bertz CT molecular complexity index is 508. The van der Waals surface area contributed by atoms with Crippen molar-refractivity contribution < 1.29 is 19.5 Å². The SMILES string of the molecule is CC(=O)c1ccc(C[C@H](NC(=O)[C@H](C)N)C(=O)O)cc1. The monoisotopic (exact) mass is 278 g/mol. The second-order valence-electron chi connectivity index (χ2n) is 4.65. The van der Waals surface area contributed by atoms with Crippen molar-refractivity contribution >= 4 is 17.7 Å². The third-order valence-electron chi connectivity index (χ3n) is 2.83. The third-order valence-corrected chi connectivity index (χ3v) is 2.83. The lowest BCUT2D eigenvalue weighted by Gasteiger charge is -2.16. The number of carbonyl (C=O) groups excluding carboxylic acids is 2. The molecule has 0 aliphatic heterocycles. The number of benzene rings is 1. The van der Waals surface area contributed by atoms with Crippen LogP contribution in [0.15, 0.2) is 24.3 Å². The molecule has 0 spiro atoms. The standard InChI is InChI=1S/C14H18N2O4/c1-8(15)13(18)16-12(14(19)20)7-10-3-5-11(6-4-10)9(2)17/h3-6,8,12H,7,15H2,1-2H3,(H,16,18)(H,19,20)/t8-,12-/m0/s1. The highest BCUT2D eigenvalue weighted by Crippen LogP contribution is 2.08. The second-order valence-corrected chi connectivity index (χ2v) is 4.65. The summed E-state index contributed by atoms with van der Waals surface area (Å²) in [6, 6.07) is 4.79. The molecule has 0 unspecified atom stereocenters. The van der Waals surface area contributed by atoms with E-state index in [1.807, 2.05) is 0 Å². The highest BCUT2D eigenvalue weighted by molar-refractivity contribution is 5.94. The van der Waals surface area contributed by atoms with Gasteiger partial charge >= 0.3 is 5.97 Å². The van der Waals surface area contributed by atoms with Crippen LogP contribution < -0.4 is 11.1 Å². The first-order valence-corrected chi connectivity index (χ1v) is 6.20. The van der Waals surface area contributed by atoms with E-state index in [0.29, 0.717) is 11.1 Å². The molecule has 1 amide bonds. The number of nitrogens with two attached hydrogens (primary N) is 1. The number of carboxylic acids is 1. The summed E-state index contributed by atoms with van der Waals surface area (Å²) in [6.07, 6.45) is 0.131. The highest BCUT2D eigenvalue weighted by atomic mass is 16.4. The van der Waals surface area contributed by atoms with Gasteiger partial charge in [0.2, 0.25) is 5.91 Å². The van der Waals surface area contributed by atoms with E-state index in [2.05, 4.69) is 5.32 Å². The summed E-state index contributed by atoms with van der Waals surface area (Å²) in [4.78, 5) is 33.7. The van der Waals surface area contributed by atoms with Crippen molar-refractivity contribution in [1.82, 2.24) is 5.32 Å². The molecule has 20 heavy (non-hydrogen) atoms. The number of nitrogens with one attached hydrogen (secondary N) is 1. The topological polar surface area (TPSA) is 109 Å². The molecule has 6 heteroatoms. The quantitative estimate of drug-likeness (QED) is 0.650. The molecule has 6 nitrogen and oxygen atoms in total. The van der Waals surface area contributed by atoms with Crippen molar-refractivity contribution in [2.45, 2.75) is 32.4 Å². The minimum atomic E-state index is -1.13. The summed E-state index contributed by atoms with van der Waals surface area (Å²) < 4.78 is 0. The van der Waals surface area contributed by atoms with E-state index in [1.54, 1.807) is 24.3 Å². The van der Waals surface area contributed by atoms with Crippen LogP contribution in [-0.4, -0.2) is 34.8 Å². The number of rotatable bonds is 6. The van der Waals surface area contributed by atoms with E-state index in [9.17, 15) is 14.4 Å². The molecule has 1 aromatic carbocycles. The Balaban J connectivity index is 2.78. The van der Waals surface area contributed by atoms with Crippen LogP contribution in [0.1, 0.15) is 29.8 Å². The van der Waals surface area contributed by atoms with Crippen molar-refractivity contribution in [1.29, 1.82) is 0 Å². The van der Waals surface area contributed by atoms with Crippen LogP contribution in [0.2, 0.25) is 0 Å². The number of amides is 1. The Morgan fingerprint density at radius 3 is 2.20 bits per heavy atom. The minimum absolute atomic E-state index is 0.0587. The molecule has 2 atom stereocenters. The Hall–Kier alpha value is -2.21. The van der Waals surface area contributed by atoms with Gasteiger partial charge in [0.05, 0.1) is 6.04 Å². The Morgan fingerprint density at radius 1 is 1.25 bits per heavy atom. The lowest BCUT2D eigenvalue weighted by atomic mass is 10.0. The van der Waals surface area contributed by atoms with E-state index < -0.39 is 24.0 Å². The van der Waals surface area contributed by atoms with E-state index in [0.717, 1.165) is 0 Å². The largest absolute Gasteiger partial charge is 0.480 e. The summed E-state index contributed by atoms with van der Waals surface area (Å²) >= 11 is 0. The van der Waals surface area contributed by atoms with Crippen LogP contribution >= 0.6 is 0 Å². The maximum atomic E-state index is 11.4. The number of Topliss-reactive ketones (excluding diaryl/α,β-unsaturated/α-hetero) is 1. The van der Waals surface area contributed by atoms with Gasteiger partial charge in [-0.2, -0.15) is 0 Å². The molecule has 0 aliphatic rings. The van der Waals surface area contributed by atoms with Crippen LogP contribution in [0.25, 0.3) is 0 Å². The zero-order valence-electron chi connectivity index (χ0n) is 11.4. The average Bonchev–Trinajstić information content (AvgIpc) is 2.38. The van der Waals surface area contributed by atoms with Gasteiger partial charge in [-0.15, -0.1) is 0 Å². The lowest BCUT2D eigenvalue weighted by molar-refractivity contribution is -0.141. The highest BCUT2D eigenvalue weighted by Gasteiger charge is 2.21. The molecule has 0 aliphatic carbocycles. The molecule has 0 bridgehead atoms. The summed E-state index contributed by atoms with van der Waals surface area (Å²) in [6.45, 7) is 2.94. The van der Waals surface area contributed by atoms with Crippen molar-refractivity contribution in [3.05, 3.63) is 35.4 Å². The zero-order valence-corrected chi connectivity index (χ0v) is 11.4. The zero-order chi connectivity index (χ0) is 15.3. The Labute approximate surface area is 117 Å². The van der Waals surface area contributed by atoms with Gasteiger partial charge in [-0.3, -0.25) is 9.59 Å². The number of aliphatic carboxylic acids is 1. The molecule has 4 N–H and O–H groups in total. The smallest absolute Gasteiger partial charge is 0.326 e. The summed E-state index contributed by atoms with van der Waals surface area (Å²) in [5, 5.41) is 11.5. The van der Waals surface area contributed by atoms with E-state index in [4.69, 9.17) is 10.8 Å². The molecule has 108 valence electrons. The molecule has 1 aromatic rings. The summed E-state index contributed by atoms with van der Waals surface area (Å²) in [5.74, 6) is -1.70. The van der Waals surface area contributed by atoms with Crippen LogP contribution in [0.5, 0.6) is 0 Å². The van der Waals surface area contributed by atoms with Crippen LogP contribution in [0, 0.1) is 0 Å². The van der Waals surface area contributed by atoms with Gasteiger partial charge in [-0.1, -0.05) is 24.3 Å². The lowest BCUT2D eigenvalue weighted by Crippen LogP contribution is -2.48. The molecular weight excluding hydrogens is 260 g/mol. The van der Waals surface area contributed by atoms with Crippen molar-refractivity contribution in [3.8, 4) is 0 Å². The normalized spacial score (nSPS) is 13.3. The molecule has 0 heterocycles. The molecular formula is C14H18N2O4. The maximum absolute atomic E-state index is 11.4. The summed E-state index contributed by atoms with van der Waals surface area (Å²) in [5.41, 5.74) is 6.66. The van der Waals surface area contributed by atoms with Gasteiger partial charge in [-0.25, -0.2) is 4.79 Å². The third kappa shape index (κ3) is 4.47. The van der Waals surface area contributed by atoms with Crippen LogP contribution in [0.3, 0.4) is 0 Å². The first-order chi connectivity index (χ1) is 9.31. The van der Waals surface area contributed by atoms with Crippen LogP contribution in [-0.2, 0) is 16.0 Å². The number of carbonyl (C=O) groups is 3. The van der Waals surface area contributed by atoms with Gasteiger partial charge in [0, 0.05) is 12.0 Å². The second kappa shape index (κ2) is 6.81. The molecule has 0 saturated carbocycles. The van der Waals surface area contributed by atoms with Crippen molar-refractivity contribution in [2.75, 3.05) is 0 Å². The van der Waals surface area contributed by atoms with E-state index in [-0.39, 0.29) is 12.2 Å². The fraction of sp³-hybridized carbons (Fsp3) is 0.357. The predicted molar refractivity (Wildman–Crippen MR) is 73.4 cm³/mol. The molecule has 0 saturated heterocycles. The summed E-state index contributed by atoms with van der Waals surface area (Å²) in [7, 11) is 0. The minimum Gasteiger partial charge on any atom is -0.480 e. The first kappa shape index (κ1) is 15.8. The van der Waals surface area contributed by atoms with E-state index in [1.165, 1.54) is 13.8 Å². The van der Waals surface area contributed by atoms with Gasteiger partial charge in [0.25, 0.3) is 0 Å². The molecule has 1 rings (SSSR count). The predicted octanol–water partition coefficient (Wildman–Crippen LogP) is 0.348. The number of hydrogen-bond donors (Lipinski definition) is 3. The first-order valence-electron chi connectivity index (χ1n) is 6.20. The van der Waals surface area contributed by atoms with Crippen LogP contribution in [0.4, 0.5) is 0 Å². The van der Waals surface area contributed by atoms with Crippen molar-refractivity contribution in [2.24, 2.45) is 5.73 Å². The Morgan fingerprint density at radius 2 is 1.80 bits per heavy atom. The number of hydrogen-bond acceptors (Lipinski definition) is 4. The molecule has 0 fully saturated rings. The van der Waals surface area contributed by atoms with Gasteiger partial charge in [0.1, 0.15) is 6.04 Å².